The van der Waals surface area contributed by atoms with E-state index in [0.29, 0.717) is 0 Å². The summed E-state index contributed by atoms with van der Waals surface area (Å²) in [5.74, 6) is -1.02. The molecule has 10 heteroatoms. The van der Waals surface area contributed by atoms with Crippen LogP contribution in [0.4, 0.5) is 0 Å². The van der Waals surface area contributed by atoms with E-state index < -0.39 is 32.5 Å². The molecule has 9 nitrogen and oxygen atoms in total. The molecule has 0 aliphatic heterocycles. The second-order valence-corrected chi connectivity index (χ2v) is 10.8. The van der Waals surface area contributed by atoms with Crippen LogP contribution in [-0.4, -0.2) is 49.3 Å². The molecule has 2 atom stereocenters. The molecule has 0 heterocycles. The van der Waals surface area contributed by atoms with Gasteiger partial charge in [-0.2, -0.15) is 0 Å². The second-order valence-electron chi connectivity index (χ2n) is 9.35. The summed E-state index contributed by atoms with van der Waals surface area (Å²) in [6.07, 6.45) is 19.5. The molecule has 0 spiro atoms. The number of ether oxygens (including phenoxy) is 2. The maximum Gasteiger partial charge on any atom is 0.472 e. The molecule has 0 aliphatic rings. The van der Waals surface area contributed by atoms with Gasteiger partial charge in [-0.25, -0.2) is 4.57 Å². The lowest BCUT2D eigenvalue weighted by atomic mass is 10.0. The molecule has 0 bridgehead atoms. The van der Waals surface area contributed by atoms with Crippen LogP contribution in [0.25, 0.3) is 0 Å². The monoisotopic (exact) mass is 537 g/mol. The van der Waals surface area contributed by atoms with Gasteiger partial charge in [0.05, 0.1) is 13.2 Å². The van der Waals surface area contributed by atoms with Gasteiger partial charge in [-0.1, -0.05) is 103 Å². The van der Waals surface area contributed by atoms with E-state index in [0.717, 1.165) is 19.3 Å². The third-order valence-electron chi connectivity index (χ3n) is 5.79. The SMILES string of the molecule is CCCCCCCCCCCCCCCCCCC(=O)OC[C@H](COP(=O)(O)OCCN)OC(C)=O. The van der Waals surface area contributed by atoms with Crippen molar-refractivity contribution in [1.82, 2.24) is 0 Å². The van der Waals surface area contributed by atoms with E-state index in [1.165, 1.54) is 90.4 Å². The number of rotatable bonds is 26. The summed E-state index contributed by atoms with van der Waals surface area (Å²) in [5, 5.41) is 0. The van der Waals surface area contributed by atoms with Crippen molar-refractivity contribution in [2.45, 2.75) is 129 Å². The van der Waals surface area contributed by atoms with Crippen LogP contribution in [0.1, 0.15) is 123 Å². The van der Waals surface area contributed by atoms with Crippen molar-refractivity contribution in [2.24, 2.45) is 5.73 Å². The summed E-state index contributed by atoms with van der Waals surface area (Å²) in [7, 11) is -4.31. The van der Waals surface area contributed by atoms with Crippen LogP contribution >= 0.6 is 7.82 Å². The molecule has 0 aromatic carbocycles. The molecule has 0 aliphatic carbocycles. The van der Waals surface area contributed by atoms with Crippen molar-refractivity contribution in [3.8, 4) is 0 Å². The van der Waals surface area contributed by atoms with Crippen LogP contribution in [0.15, 0.2) is 0 Å². The van der Waals surface area contributed by atoms with Gasteiger partial charge in [0.1, 0.15) is 6.61 Å². The Morgan fingerprint density at radius 1 is 0.778 bits per heavy atom. The van der Waals surface area contributed by atoms with Crippen molar-refractivity contribution < 1.29 is 37.6 Å². The minimum Gasteiger partial charge on any atom is -0.462 e. The second kappa shape index (κ2) is 24.4. The van der Waals surface area contributed by atoms with Gasteiger partial charge < -0.3 is 20.1 Å². The number of unbranched alkanes of at least 4 members (excludes halogenated alkanes) is 15. The van der Waals surface area contributed by atoms with E-state index in [9.17, 15) is 19.0 Å². The predicted molar refractivity (Wildman–Crippen MR) is 141 cm³/mol. The average Bonchev–Trinajstić information content (AvgIpc) is 2.84. The molecular weight excluding hydrogens is 485 g/mol. The number of phosphoric acid groups is 1. The number of esters is 2. The summed E-state index contributed by atoms with van der Waals surface area (Å²) in [6, 6.07) is 0. The minimum atomic E-state index is -4.31. The van der Waals surface area contributed by atoms with Crippen molar-refractivity contribution >= 4 is 19.8 Å². The number of nitrogens with two attached hydrogens (primary N) is 1. The summed E-state index contributed by atoms with van der Waals surface area (Å²) in [6.45, 7) is 2.65. The number of hydrogen-bond donors (Lipinski definition) is 2. The van der Waals surface area contributed by atoms with Crippen LogP contribution in [0, 0.1) is 0 Å². The van der Waals surface area contributed by atoms with Gasteiger partial charge in [0.2, 0.25) is 0 Å². The van der Waals surface area contributed by atoms with Crippen LogP contribution in [0.2, 0.25) is 0 Å². The Labute approximate surface area is 218 Å². The fraction of sp³-hybridized carbons (Fsp3) is 0.923. The van der Waals surface area contributed by atoms with Gasteiger partial charge in [0.25, 0.3) is 0 Å². The molecule has 1 unspecified atom stereocenters. The molecule has 3 N–H and O–H groups in total. The van der Waals surface area contributed by atoms with Crippen molar-refractivity contribution in [3.63, 3.8) is 0 Å². The normalized spacial score (nSPS) is 13.8. The first-order chi connectivity index (χ1) is 17.3. The number of hydrogen-bond acceptors (Lipinski definition) is 8. The van der Waals surface area contributed by atoms with Gasteiger partial charge in [-0.3, -0.25) is 18.6 Å². The van der Waals surface area contributed by atoms with Gasteiger partial charge in [0, 0.05) is 19.9 Å². The van der Waals surface area contributed by atoms with E-state index in [1.807, 2.05) is 0 Å². The molecule has 0 fully saturated rings. The third-order valence-corrected chi connectivity index (χ3v) is 6.78. The molecule has 0 saturated heterocycles. The van der Waals surface area contributed by atoms with Crippen LogP contribution < -0.4 is 5.73 Å². The predicted octanol–water partition coefficient (Wildman–Crippen LogP) is 6.21. The highest BCUT2D eigenvalue weighted by molar-refractivity contribution is 7.47. The van der Waals surface area contributed by atoms with Gasteiger partial charge in [0.15, 0.2) is 6.10 Å². The number of carbonyl (C=O) groups is 2. The lowest BCUT2D eigenvalue weighted by Crippen LogP contribution is -2.28. The molecule has 36 heavy (non-hydrogen) atoms. The van der Waals surface area contributed by atoms with Crippen LogP contribution in [0.5, 0.6) is 0 Å². The molecule has 0 radical (unpaired) electrons. The zero-order valence-corrected chi connectivity index (χ0v) is 23.7. The quantitative estimate of drug-likeness (QED) is 0.0750. The number of phosphoric ester groups is 1. The van der Waals surface area contributed by atoms with E-state index in [1.54, 1.807) is 0 Å². The highest BCUT2D eigenvalue weighted by Crippen LogP contribution is 2.43. The zero-order valence-electron chi connectivity index (χ0n) is 22.8. The Hall–Kier alpha value is -0.990. The lowest BCUT2D eigenvalue weighted by molar-refractivity contribution is -0.159. The summed E-state index contributed by atoms with van der Waals surface area (Å²) < 4.78 is 31.2. The Bertz CT molecular complexity index is 590. The maximum absolute atomic E-state index is 12.0. The van der Waals surface area contributed by atoms with E-state index in [2.05, 4.69) is 11.4 Å². The topological polar surface area (TPSA) is 134 Å². The van der Waals surface area contributed by atoms with Crippen LogP contribution in [0.3, 0.4) is 0 Å². The fourth-order valence-corrected chi connectivity index (χ4v) is 4.57. The largest absolute Gasteiger partial charge is 0.472 e. The Morgan fingerprint density at radius 3 is 1.69 bits per heavy atom. The van der Waals surface area contributed by atoms with Crippen LogP contribution in [-0.2, 0) is 32.7 Å². The zero-order chi connectivity index (χ0) is 26.9. The third kappa shape index (κ3) is 24.7. The van der Waals surface area contributed by atoms with E-state index in [-0.39, 0.29) is 26.2 Å². The summed E-state index contributed by atoms with van der Waals surface area (Å²) in [5.41, 5.74) is 5.22. The summed E-state index contributed by atoms with van der Waals surface area (Å²) >= 11 is 0. The molecule has 214 valence electrons. The maximum atomic E-state index is 12.0. The Balaban J connectivity index is 3.71. The molecule has 0 saturated carbocycles. The fourth-order valence-electron chi connectivity index (χ4n) is 3.81. The van der Waals surface area contributed by atoms with Crippen molar-refractivity contribution in [1.29, 1.82) is 0 Å². The molecule has 0 amide bonds. The molecule has 0 rings (SSSR count). The van der Waals surface area contributed by atoms with Gasteiger partial charge in [-0.15, -0.1) is 0 Å². The first kappa shape index (κ1) is 35.0. The average molecular weight is 538 g/mol. The smallest absolute Gasteiger partial charge is 0.462 e. The Morgan fingerprint density at radius 2 is 1.25 bits per heavy atom. The van der Waals surface area contributed by atoms with Crippen molar-refractivity contribution in [3.05, 3.63) is 0 Å². The number of carbonyl (C=O) groups excluding carboxylic acids is 2. The highest BCUT2D eigenvalue weighted by Gasteiger charge is 2.25. The van der Waals surface area contributed by atoms with Gasteiger partial charge >= 0.3 is 19.8 Å². The minimum absolute atomic E-state index is 0.0538. The van der Waals surface area contributed by atoms with E-state index in [4.69, 9.17) is 19.7 Å². The van der Waals surface area contributed by atoms with Gasteiger partial charge in [-0.05, 0) is 6.42 Å². The first-order valence-electron chi connectivity index (χ1n) is 14.0. The molecular formula is C26H52NO8P. The van der Waals surface area contributed by atoms with E-state index >= 15 is 0 Å². The molecule has 0 aromatic heterocycles. The highest BCUT2D eigenvalue weighted by atomic mass is 31.2. The lowest BCUT2D eigenvalue weighted by Gasteiger charge is -2.19. The standard InChI is InChI=1S/C26H52NO8P/c1-3-4-5-6-7-8-9-10-11-12-13-14-15-16-17-18-19-26(29)32-22-25(35-24(2)28)23-34-36(30,31)33-21-20-27/h25H,3-23,27H2,1-2H3,(H,30,31)/t25-/m1/s1. The molecule has 0 aromatic rings. The van der Waals surface area contributed by atoms with Crippen molar-refractivity contribution in [2.75, 3.05) is 26.4 Å². The Kier molecular flexibility index (Phi) is 23.7. The first-order valence-corrected chi connectivity index (χ1v) is 15.4. The summed E-state index contributed by atoms with van der Waals surface area (Å²) in [4.78, 5) is 32.7.